The first-order chi connectivity index (χ1) is 10.1. The van der Waals surface area contributed by atoms with Crippen LogP contribution in [0.4, 0.5) is 0 Å². The molecule has 6 nitrogen and oxygen atoms in total. The van der Waals surface area contributed by atoms with Crippen molar-refractivity contribution < 1.29 is 14.3 Å². The number of rotatable bonds is 6. The average molecular weight is 299 g/mol. The summed E-state index contributed by atoms with van der Waals surface area (Å²) in [5, 5.41) is 0. The lowest BCUT2D eigenvalue weighted by atomic mass is 10.1. The summed E-state index contributed by atoms with van der Waals surface area (Å²) in [5.41, 5.74) is 5.59. The molecule has 1 amide bonds. The molecular weight excluding hydrogens is 270 g/mol. The van der Waals surface area contributed by atoms with Gasteiger partial charge in [0, 0.05) is 39.3 Å². The number of hydrogen-bond donors (Lipinski definition) is 1. The lowest BCUT2D eigenvalue weighted by Crippen LogP contribution is -2.52. The monoisotopic (exact) mass is 299 g/mol. The van der Waals surface area contributed by atoms with E-state index >= 15 is 0 Å². The average Bonchev–Trinajstić information content (AvgIpc) is 2.96. The first kappa shape index (κ1) is 16.7. The quantitative estimate of drug-likeness (QED) is 0.751. The highest BCUT2D eigenvalue weighted by molar-refractivity contribution is 5.81. The largest absolute Gasteiger partial charge is 0.377 e. The van der Waals surface area contributed by atoms with Gasteiger partial charge in [-0.3, -0.25) is 9.69 Å². The number of nitrogens with two attached hydrogens (primary N) is 1. The van der Waals surface area contributed by atoms with E-state index in [4.69, 9.17) is 15.2 Å². The van der Waals surface area contributed by atoms with Crippen molar-refractivity contribution in [3.05, 3.63) is 0 Å². The number of ether oxygens (including phenoxy) is 2. The number of amides is 1. The van der Waals surface area contributed by atoms with E-state index in [1.807, 2.05) is 18.7 Å². The molecule has 2 atom stereocenters. The van der Waals surface area contributed by atoms with E-state index in [1.165, 1.54) is 0 Å². The number of hydrogen-bond acceptors (Lipinski definition) is 5. The fourth-order valence-electron chi connectivity index (χ4n) is 2.87. The molecule has 2 aliphatic rings. The van der Waals surface area contributed by atoms with Gasteiger partial charge in [0.15, 0.2) is 0 Å². The third-order valence-electron chi connectivity index (χ3n) is 4.19. The Bertz CT molecular complexity index is 330. The topological polar surface area (TPSA) is 68.0 Å². The zero-order valence-corrected chi connectivity index (χ0v) is 13.3. The van der Waals surface area contributed by atoms with Crippen LogP contribution < -0.4 is 5.73 Å². The smallest absolute Gasteiger partial charge is 0.251 e. The number of carbonyl (C=O) groups is 1. The molecule has 2 saturated heterocycles. The second-order valence-corrected chi connectivity index (χ2v) is 6.15. The van der Waals surface area contributed by atoms with Crippen LogP contribution in [0.3, 0.4) is 0 Å². The number of nitrogens with zero attached hydrogens (tertiary/aromatic N) is 2. The third kappa shape index (κ3) is 4.92. The Labute approximate surface area is 127 Å². The van der Waals surface area contributed by atoms with Crippen LogP contribution in [0.15, 0.2) is 0 Å². The van der Waals surface area contributed by atoms with E-state index in [0.717, 1.165) is 52.2 Å². The molecule has 0 radical (unpaired) electrons. The van der Waals surface area contributed by atoms with Crippen molar-refractivity contribution in [2.45, 2.75) is 45.0 Å². The predicted molar refractivity (Wildman–Crippen MR) is 81.1 cm³/mol. The zero-order chi connectivity index (χ0) is 15.2. The van der Waals surface area contributed by atoms with Crippen LogP contribution in [0.1, 0.15) is 26.7 Å². The van der Waals surface area contributed by atoms with Gasteiger partial charge >= 0.3 is 0 Å². The molecule has 2 N–H and O–H groups in total. The molecule has 6 heteroatoms. The minimum absolute atomic E-state index is 0.0634. The van der Waals surface area contributed by atoms with Crippen molar-refractivity contribution in [2.75, 3.05) is 45.9 Å². The van der Waals surface area contributed by atoms with Crippen molar-refractivity contribution in [3.63, 3.8) is 0 Å². The summed E-state index contributed by atoms with van der Waals surface area (Å²) in [5.74, 6) is 0.143. The summed E-state index contributed by atoms with van der Waals surface area (Å²) >= 11 is 0. The standard InChI is InChI=1S/C15H29N3O3/c1-12(2)20-10-9-17-5-7-18(8-6-17)15(19)14-4-3-13(11-16)21-14/h12-14H,3-11,16H2,1-2H3/t13-,14+/m1/s1. The van der Waals surface area contributed by atoms with E-state index in [0.29, 0.717) is 6.54 Å². The Hall–Kier alpha value is -0.690. The van der Waals surface area contributed by atoms with E-state index in [1.54, 1.807) is 0 Å². The summed E-state index contributed by atoms with van der Waals surface area (Å²) in [7, 11) is 0. The minimum Gasteiger partial charge on any atom is -0.377 e. The van der Waals surface area contributed by atoms with Crippen LogP contribution in [-0.4, -0.2) is 79.9 Å². The molecule has 0 aromatic rings. The molecule has 2 heterocycles. The first-order valence-electron chi connectivity index (χ1n) is 8.08. The van der Waals surface area contributed by atoms with Crippen LogP contribution in [0.25, 0.3) is 0 Å². The molecule has 2 rings (SSSR count). The molecular formula is C15H29N3O3. The highest BCUT2D eigenvalue weighted by Crippen LogP contribution is 2.21. The van der Waals surface area contributed by atoms with Crippen molar-refractivity contribution in [2.24, 2.45) is 5.73 Å². The zero-order valence-electron chi connectivity index (χ0n) is 13.3. The van der Waals surface area contributed by atoms with Gasteiger partial charge in [-0.1, -0.05) is 0 Å². The Balaban J connectivity index is 1.67. The van der Waals surface area contributed by atoms with Crippen LogP contribution >= 0.6 is 0 Å². The fraction of sp³-hybridized carbons (Fsp3) is 0.933. The first-order valence-corrected chi connectivity index (χ1v) is 8.08. The second kappa shape index (κ2) is 8.08. The molecule has 0 aromatic carbocycles. The van der Waals surface area contributed by atoms with Gasteiger partial charge in [-0.15, -0.1) is 0 Å². The lowest BCUT2D eigenvalue weighted by Gasteiger charge is -2.35. The Kier molecular flexibility index (Phi) is 6.41. The van der Waals surface area contributed by atoms with E-state index < -0.39 is 0 Å². The normalized spacial score (nSPS) is 27.5. The molecule has 0 aliphatic carbocycles. The maximum atomic E-state index is 12.4. The maximum absolute atomic E-state index is 12.4. The highest BCUT2D eigenvalue weighted by atomic mass is 16.5. The molecule has 0 bridgehead atoms. The van der Waals surface area contributed by atoms with Gasteiger partial charge in [-0.2, -0.15) is 0 Å². The van der Waals surface area contributed by atoms with Gasteiger partial charge in [-0.25, -0.2) is 0 Å². The number of piperazine rings is 1. The van der Waals surface area contributed by atoms with Crippen molar-refractivity contribution >= 4 is 5.91 Å². The van der Waals surface area contributed by atoms with Crippen LogP contribution in [0, 0.1) is 0 Å². The van der Waals surface area contributed by atoms with Crippen molar-refractivity contribution in [1.82, 2.24) is 9.80 Å². The maximum Gasteiger partial charge on any atom is 0.251 e. The fourth-order valence-corrected chi connectivity index (χ4v) is 2.87. The van der Waals surface area contributed by atoms with E-state index in [9.17, 15) is 4.79 Å². The molecule has 0 unspecified atom stereocenters. The SMILES string of the molecule is CC(C)OCCN1CCN(C(=O)[C@@H]2CC[C@H](CN)O2)CC1. The summed E-state index contributed by atoms with van der Waals surface area (Å²) in [6.07, 6.45) is 1.79. The Morgan fingerprint density at radius 3 is 2.57 bits per heavy atom. The molecule has 0 spiro atoms. The second-order valence-electron chi connectivity index (χ2n) is 6.15. The van der Waals surface area contributed by atoms with Crippen LogP contribution in [-0.2, 0) is 14.3 Å². The Morgan fingerprint density at radius 2 is 2.00 bits per heavy atom. The molecule has 0 saturated carbocycles. The van der Waals surface area contributed by atoms with E-state index in [-0.39, 0.29) is 24.2 Å². The van der Waals surface area contributed by atoms with Gasteiger partial charge in [-0.05, 0) is 26.7 Å². The third-order valence-corrected chi connectivity index (χ3v) is 4.19. The molecule has 2 aliphatic heterocycles. The molecule has 122 valence electrons. The van der Waals surface area contributed by atoms with Crippen LogP contribution in [0.5, 0.6) is 0 Å². The number of carbonyl (C=O) groups excluding carboxylic acids is 1. The summed E-state index contributed by atoms with van der Waals surface area (Å²) < 4.78 is 11.3. The van der Waals surface area contributed by atoms with Gasteiger partial charge < -0.3 is 20.1 Å². The molecule has 21 heavy (non-hydrogen) atoms. The van der Waals surface area contributed by atoms with Gasteiger partial charge in [0.2, 0.25) is 0 Å². The summed E-state index contributed by atoms with van der Waals surface area (Å²) in [4.78, 5) is 16.7. The summed E-state index contributed by atoms with van der Waals surface area (Å²) in [6.45, 7) is 9.71. The molecule has 0 aromatic heterocycles. The molecule has 2 fully saturated rings. The minimum atomic E-state index is -0.269. The van der Waals surface area contributed by atoms with Gasteiger partial charge in [0.25, 0.3) is 5.91 Å². The van der Waals surface area contributed by atoms with Crippen molar-refractivity contribution in [1.29, 1.82) is 0 Å². The van der Waals surface area contributed by atoms with Crippen LogP contribution in [0.2, 0.25) is 0 Å². The van der Waals surface area contributed by atoms with Crippen molar-refractivity contribution in [3.8, 4) is 0 Å². The van der Waals surface area contributed by atoms with E-state index in [2.05, 4.69) is 4.90 Å². The van der Waals surface area contributed by atoms with Gasteiger partial charge in [0.1, 0.15) is 6.10 Å². The Morgan fingerprint density at radius 1 is 1.29 bits per heavy atom. The lowest BCUT2D eigenvalue weighted by molar-refractivity contribution is -0.144. The highest BCUT2D eigenvalue weighted by Gasteiger charge is 2.33. The van der Waals surface area contributed by atoms with Gasteiger partial charge in [0.05, 0.1) is 18.8 Å². The summed E-state index contributed by atoms with van der Waals surface area (Å²) in [6, 6.07) is 0. The predicted octanol–water partition coefficient (Wildman–Crippen LogP) is 0.0619.